The van der Waals surface area contributed by atoms with Crippen molar-refractivity contribution < 1.29 is 68.5 Å². The van der Waals surface area contributed by atoms with Gasteiger partial charge in [-0.2, -0.15) is 0 Å². The zero-order valence-corrected chi connectivity index (χ0v) is 7.08. The molecule has 5 heavy (non-hydrogen) atoms. The molecule has 3 heteroatoms. The number of epoxide rings is 1. The van der Waals surface area contributed by atoms with Crippen LogP contribution >= 0.6 is 0 Å². The fraction of sp³-hybridized carbons (Fsp3) is 1.00. The SMILES string of the molecule is C1CO1.[Cl-].[K+]. The number of hydrogen-bond acceptors (Lipinski definition) is 1. The molecule has 0 unspecified atom stereocenters. The fourth-order valence-electron chi connectivity index (χ4n) is 0. The van der Waals surface area contributed by atoms with Crippen LogP contribution in [0.15, 0.2) is 0 Å². The Kier molecular flexibility index (Phi) is 11.8. The van der Waals surface area contributed by atoms with Crippen LogP contribution in [-0.4, -0.2) is 13.2 Å². The maximum atomic E-state index is 4.50. The third kappa shape index (κ3) is 10.7. The summed E-state index contributed by atoms with van der Waals surface area (Å²) in [5.41, 5.74) is 0. The van der Waals surface area contributed by atoms with E-state index in [1.807, 2.05) is 0 Å². The molecule has 0 aliphatic carbocycles. The van der Waals surface area contributed by atoms with Gasteiger partial charge < -0.3 is 17.1 Å². The molecular formula is C2H4ClKO. The van der Waals surface area contributed by atoms with Gasteiger partial charge in [-0.3, -0.25) is 0 Å². The molecule has 1 rings (SSSR count). The average molecular weight is 119 g/mol. The van der Waals surface area contributed by atoms with Crippen molar-refractivity contribution >= 4 is 0 Å². The van der Waals surface area contributed by atoms with Gasteiger partial charge >= 0.3 is 51.4 Å². The van der Waals surface area contributed by atoms with Crippen LogP contribution in [0.2, 0.25) is 0 Å². The monoisotopic (exact) mass is 118 g/mol. The first-order valence-electron chi connectivity index (χ1n) is 1.08. The van der Waals surface area contributed by atoms with Gasteiger partial charge in [0.1, 0.15) is 0 Å². The summed E-state index contributed by atoms with van der Waals surface area (Å²) in [5.74, 6) is 0. The molecule has 0 bridgehead atoms. The first kappa shape index (κ1) is 9.99. The van der Waals surface area contributed by atoms with Crippen molar-refractivity contribution in [3.05, 3.63) is 0 Å². The van der Waals surface area contributed by atoms with Crippen LogP contribution in [-0.2, 0) is 4.74 Å². The van der Waals surface area contributed by atoms with Gasteiger partial charge in [0.25, 0.3) is 0 Å². The molecule has 0 saturated carbocycles. The van der Waals surface area contributed by atoms with Crippen LogP contribution in [0.4, 0.5) is 0 Å². The van der Waals surface area contributed by atoms with E-state index in [0.717, 1.165) is 13.2 Å². The van der Waals surface area contributed by atoms with Gasteiger partial charge in [0.2, 0.25) is 0 Å². The molecule has 1 nitrogen and oxygen atoms in total. The summed E-state index contributed by atoms with van der Waals surface area (Å²) in [6, 6.07) is 0. The Labute approximate surface area is 80.3 Å². The maximum Gasteiger partial charge on any atom is 1.00 e. The first-order valence-corrected chi connectivity index (χ1v) is 1.08. The van der Waals surface area contributed by atoms with Crippen molar-refractivity contribution in [1.29, 1.82) is 0 Å². The molecule has 0 atom stereocenters. The second-order valence-corrected chi connectivity index (χ2v) is 0.612. The van der Waals surface area contributed by atoms with Crippen LogP contribution < -0.4 is 63.8 Å². The summed E-state index contributed by atoms with van der Waals surface area (Å²) in [5, 5.41) is 0. The molecular weight excluding hydrogens is 115 g/mol. The molecule has 0 radical (unpaired) electrons. The van der Waals surface area contributed by atoms with Gasteiger partial charge in [0.15, 0.2) is 0 Å². The molecule has 0 aromatic heterocycles. The first-order chi connectivity index (χ1) is 1.50. The summed E-state index contributed by atoms with van der Waals surface area (Å²) in [4.78, 5) is 0. The molecule has 0 aromatic carbocycles. The van der Waals surface area contributed by atoms with E-state index in [1.165, 1.54) is 0 Å². The summed E-state index contributed by atoms with van der Waals surface area (Å²) < 4.78 is 4.50. The molecule has 1 aliphatic heterocycles. The summed E-state index contributed by atoms with van der Waals surface area (Å²) in [6.45, 7) is 2.00. The van der Waals surface area contributed by atoms with E-state index in [1.54, 1.807) is 0 Å². The van der Waals surface area contributed by atoms with Gasteiger partial charge in [-0.05, 0) is 0 Å². The molecule has 1 heterocycles. The Hall–Kier alpha value is 1.89. The van der Waals surface area contributed by atoms with Gasteiger partial charge in [0, 0.05) is 0 Å². The molecule has 0 amide bonds. The number of ether oxygens (including phenoxy) is 1. The molecule has 1 aliphatic rings. The minimum atomic E-state index is 0. The van der Waals surface area contributed by atoms with E-state index in [-0.39, 0.29) is 63.8 Å². The zero-order chi connectivity index (χ0) is 2.12. The molecule has 26 valence electrons. The van der Waals surface area contributed by atoms with E-state index in [2.05, 4.69) is 4.74 Å². The van der Waals surface area contributed by atoms with Gasteiger partial charge in [-0.15, -0.1) is 0 Å². The van der Waals surface area contributed by atoms with Crippen LogP contribution in [0.25, 0.3) is 0 Å². The Bertz CT molecular complexity index is 14.4. The number of halogens is 1. The Morgan fingerprint density at radius 2 is 1.40 bits per heavy atom. The van der Waals surface area contributed by atoms with E-state index in [0.29, 0.717) is 0 Å². The van der Waals surface area contributed by atoms with E-state index >= 15 is 0 Å². The van der Waals surface area contributed by atoms with Crippen LogP contribution in [0.5, 0.6) is 0 Å². The van der Waals surface area contributed by atoms with Crippen molar-refractivity contribution in [1.82, 2.24) is 0 Å². The molecule has 1 saturated heterocycles. The average Bonchev–Trinajstić information content (AvgIpc) is 1.46. The Morgan fingerprint density at radius 1 is 1.20 bits per heavy atom. The second-order valence-electron chi connectivity index (χ2n) is 0.612. The van der Waals surface area contributed by atoms with Crippen molar-refractivity contribution in [3.8, 4) is 0 Å². The van der Waals surface area contributed by atoms with Crippen LogP contribution in [0.1, 0.15) is 0 Å². The Balaban J connectivity index is 0. The van der Waals surface area contributed by atoms with E-state index in [4.69, 9.17) is 0 Å². The third-order valence-electron chi connectivity index (χ3n) is 0.204. The minimum absolute atomic E-state index is 0. The molecule has 0 spiro atoms. The predicted molar refractivity (Wildman–Crippen MR) is 10.8 cm³/mol. The maximum absolute atomic E-state index is 4.50. The smallest absolute Gasteiger partial charge is 1.00 e. The second kappa shape index (κ2) is 5.89. The quantitative estimate of drug-likeness (QED) is 0.228. The topological polar surface area (TPSA) is 12.5 Å². The van der Waals surface area contributed by atoms with E-state index < -0.39 is 0 Å². The summed E-state index contributed by atoms with van der Waals surface area (Å²) >= 11 is 0. The molecule has 1 fully saturated rings. The zero-order valence-electron chi connectivity index (χ0n) is 3.20. The van der Waals surface area contributed by atoms with E-state index in [9.17, 15) is 0 Å². The molecule has 0 N–H and O–H groups in total. The normalized spacial score (nSPS) is 14.4. The summed E-state index contributed by atoms with van der Waals surface area (Å²) in [7, 11) is 0. The van der Waals surface area contributed by atoms with Crippen molar-refractivity contribution in [2.75, 3.05) is 13.2 Å². The Morgan fingerprint density at radius 3 is 1.40 bits per heavy atom. The summed E-state index contributed by atoms with van der Waals surface area (Å²) in [6.07, 6.45) is 0. The molecule has 0 aromatic rings. The van der Waals surface area contributed by atoms with Crippen LogP contribution in [0.3, 0.4) is 0 Å². The standard InChI is InChI=1S/C2H4O.ClH.K/c1-2-3-1;;/h1-2H2;1H;/q;;+1/p-1. The van der Waals surface area contributed by atoms with Crippen molar-refractivity contribution in [3.63, 3.8) is 0 Å². The largest absolute Gasteiger partial charge is 1.00 e. The van der Waals surface area contributed by atoms with Crippen molar-refractivity contribution in [2.24, 2.45) is 0 Å². The minimum Gasteiger partial charge on any atom is -1.00 e. The van der Waals surface area contributed by atoms with Gasteiger partial charge in [0.05, 0.1) is 13.2 Å². The van der Waals surface area contributed by atoms with Gasteiger partial charge in [-0.1, -0.05) is 0 Å². The number of hydrogen-bond donors (Lipinski definition) is 0. The predicted octanol–water partition coefficient (Wildman–Crippen LogP) is -5.98. The fourth-order valence-corrected chi connectivity index (χ4v) is 0. The number of rotatable bonds is 0. The van der Waals surface area contributed by atoms with Crippen LogP contribution in [0, 0.1) is 0 Å². The van der Waals surface area contributed by atoms with Gasteiger partial charge in [-0.25, -0.2) is 0 Å². The third-order valence-corrected chi connectivity index (χ3v) is 0.204. The van der Waals surface area contributed by atoms with Crippen molar-refractivity contribution in [2.45, 2.75) is 0 Å².